The predicted molar refractivity (Wildman–Crippen MR) is 147 cm³/mol. The summed E-state index contributed by atoms with van der Waals surface area (Å²) in [7, 11) is -3.89. The Morgan fingerprint density at radius 3 is 2.24 bits per heavy atom. The number of rotatable bonds is 7. The minimum absolute atomic E-state index is 0.106. The monoisotopic (exact) mass is 588 g/mol. The molecule has 2 aromatic heterocycles. The maximum absolute atomic E-state index is 13.2. The van der Waals surface area contributed by atoms with Crippen molar-refractivity contribution in [2.24, 2.45) is 0 Å². The standard InChI is InChI=1S/C28H27F3N4O5S/c1-27(2,3)40-26(37)34-23(17-28(29,30)31)25(36)33-19-11-9-18(10-12-19)21-13-15-32-24-22(21)14-16-35(24)41(38,39)20-7-5-4-6-8-20/h4-16,23H,17H2,1-3H3,(H,33,36)(H,34,37). The van der Waals surface area contributed by atoms with Gasteiger partial charge in [-0.2, -0.15) is 13.2 Å². The molecule has 4 rings (SSSR count). The lowest BCUT2D eigenvalue weighted by atomic mass is 10.0. The van der Waals surface area contributed by atoms with E-state index >= 15 is 0 Å². The Kier molecular flexibility index (Phi) is 8.11. The summed E-state index contributed by atoms with van der Waals surface area (Å²) in [5.74, 6) is -1.07. The van der Waals surface area contributed by atoms with E-state index in [2.05, 4.69) is 10.3 Å². The summed E-state index contributed by atoms with van der Waals surface area (Å²) in [4.78, 5) is 29.1. The summed E-state index contributed by atoms with van der Waals surface area (Å²) in [6, 6.07) is 15.5. The second kappa shape index (κ2) is 11.2. The maximum atomic E-state index is 13.2. The molecule has 13 heteroatoms. The van der Waals surface area contributed by atoms with Gasteiger partial charge in [-0.25, -0.2) is 22.2 Å². The fraction of sp³-hybridized carbons (Fsp3) is 0.250. The van der Waals surface area contributed by atoms with Crippen LogP contribution in [0, 0.1) is 0 Å². The fourth-order valence-electron chi connectivity index (χ4n) is 4.02. The molecule has 216 valence electrons. The van der Waals surface area contributed by atoms with Crippen molar-refractivity contribution in [3.8, 4) is 11.1 Å². The first kappa shape index (κ1) is 29.6. The van der Waals surface area contributed by atoms with Crippen LogP contribution in [0.5, 0.6) is 0 Å². The molecule has 0 spiro atoms. The van der Waals surface area contributed by atoms with Crippen LogP contribution >= 0.6 is 0 Å². The molecule has 0 saturated heterocycles. The number of hydrogen-bond acceptors (Lipinski definition) is 6. The van der Waals surface area contributed by atoms with E-state index in [1.54, 1.807) is 63.2 Å². The van der Waals surface area contributed by atoms with Gasteiger partial charge in [-0.05, 0) is 68.3 Å². The average Bonchev–Trinajstić information content (AvgIpc) is 3.33. The van der Waals surface area contributed by atoms with Gasteiger partial charge in [0.1, 0.15) is 11.6 Å². The van der Waals surface area contributed by atoms with Crippen molar-refractivity contribution in [1.29, 1.82) is 0 Å². The summed E-state index contributed by atoms with van der Waals surface area (Å²) >= 11 is 0. The smallest absolute Gasteiger partial charge is 0.408 e. The van der Waals surface area contributed by atoms with Gasteiger partial charge in [0.05, 0.1) is 11.3 Å². The normalized spacial score (nSPS) is 13.0. The summed E-state index contributed by atoms with van der Waals surface area (Å²) in [6.45, 7) is 4.63. The molecule has 9 nitrogen and oxygen atoms in total. The van der Waals surface area contributed by atoms with Gasteiger partial charge in [0.25, 0.3) is 10.0 Å². The number of anilines is 1. The number of fused-ring (bicyclic) bond motifs is 1. The highest BCUT2D eigenvalue weighted by atomic mass is 32.2. The Balaban J connectivity index is 1.56. The van der Waals surface area contributed by atoms with Gasteiger partial charge in [-0.3, -0.25) is 4.79 Å². The van der Waals surface area contributed by atoms with Crippen LogP contribution in [0.4, 0.5) is 23.7 Å². The molecular formula is C28H27F3N4O5S. The van der Waals surface area contributed by atoms with Gasteiger partial charge in [-0.15, -0.1) is 0 Å². The highest BCUT2D eigenvalue weighted by Crippen LogP contribution is 2.31. The number of pyridine rings is 1. The van der Waals surface area contributed by atoms with Crippen molar-refractivity contribution in [2.75, 3.05) is 5.32 Å². The third-order valence-corrected chi connectivity index (χ3v) is 7.44. The van der Waals surface area contributed by atoms with Crippen molar-refractivity contribution >= 4 is 38.7 Å². The molecular weight excluding hydrogens is 561 g/mol. The van der Waals surface area contributed by atoms with Crippen LogP contribution in [-0.4, -0.2) is 47.2 Å². The van der Waals surface area contributed by atoms with Crippen molar-refractivity contribution in [3.63, 3.8) is 0 Å². The number of hydrogen-bond donors (Lipinski definition) is 2. The fourth-order valence-corrected chi connectivity index (χ4v) is 5.34. The van der Waals surface area contributed by atoms with Crippen molar-refractivity contribution < 1.29 is 35.9 Å². The molecule has 2 N–H and O–H groups in total. The molecule has 2 amide bonds. The number of carbonyl (C=O) groups excluding carboxylic acids is 2. The lowest BCUT2D eigenvalue weighted by Gasteiger charge is -2.24. The average molecular weight is 589 g/mol. The third-order valence-electron chi connectivity index (χ3n) is 5.76. The highest BCUT2D eigenvalue weighted by Gasteiger charge is 2.37. The number of nitrogens with one attached hydrogen (secondary N) is 2. The van der Waals surface area contributed by atoms with E-state index in [9.17, 15) is 31.2 Å². The van der Waals surface area contributed by atoms with E-state index in [1.807, 2.05) is 5.32 Å². The molecule has 41 heavy (non-hydrogen) atoms. The number of carbonyl (C=O) groups is 2. The number of amides is 2. The summed E-state index contributed by atoms with van der Waals surface area (Å²) in [5.41, 5.74) is 0.725. The van der Waals surface area contributed by atoms with Crippen LogP contribution in [0.3, 0.4) is 0 Å². The van der Waals surface area contributed by atoms with Crippen LogP contribution in [0.2, 0.25) is 0 Å². The van der Waals surface area contributed by atoms with Gasteiger partial charge in [0.15, 0.2) is 5.65 Å². The quantitative estimate of drug-likeness (QED) is 0.285. The summed E-state index contributed by atoms with van der Waals surface area (Å²) < 4.78 is 71.7. The molecule has 0 fully saturated rings. The molecule has 1 atom stereocenters. The number of alkyl carbamates (subject to hydrolysis) is 1. The molecule has 0 bridgehead atoms. The molecule has 0 aliphatic carbocycles. The minimum Gasteiger partial charge on any atom is -0.444 e. The largest absolute Gasteiger partial charge is 0.444 e. The first-order chi connectivity index (χ1) is 19.1. The molecule has 0 radical (unpaired) electrons. The lowest BCUT2D eigenvalue weighted by molar-refractivity contribution is -0.147. The van der Waals surface area contributed by atoms with Gasteiger partial charge >= 0.3 is 12.3 Å². The highest BCUT2D eigenvalue weighted by molar-refractivity contribution is 7.90. The number of benzene rings is 2. The van der Waals surface area contributed by atoms with Gasteiger partial charge in [0, 0.05) is 23.5 Å². The van der Waals surface area contributed by atoms with E-state index in [0.29, 0.717) is 16.5 Å². The molecule has 0 saturated carbocycles. The SMILES string of the molecule is CC(C)(C)OC(=O)NC(CC(F)(F)F)C(=O)Nc1ccc(-c2ccnc3c2ccn3S(=O)(=O)c2ccccc2)cc1. The number of ether oxygens (including phenoxy) is 1. The first-order valence-electron chi connectivity index (χ1n) is 12.4. The Bertz CT molecular complexity index is 1660. The van der Waals surface area contributed by atoms with Crippen molar-refractivity contribution in [2.45, 2.75) is 49.9 Å². The van der Waals surface area contributed by atoms with Gasteiger partial charge in [-0.1, -0.05) is 30.3 Å². The van der Waals surface area contributed by atoms with E-state index in [4.69, 9.17) is 4.74 Å². The molecule has 4 aromatic rings. The van der Waals surface area contributed by atoms with E-state index in [-0.39, 0.29) is 16.2 Å². The zero-order valence-corrected chi connectivity index (χ0v) is 23.1. The molecule has 0 aliphatic heterocycles. The minimum atomic E-state index is -4.72. The van der Waals surface area contributed by atoms with Crippen LogP contribution < -0.4 is 10.6 Å². The maximum Gasteiger partial charge on any atom is 0.408 e. The van der Waals surface area contributed by atoms with Crippen molar-refractivity contribution in [3.05, 3.63) is 79.1 Å². The molecule has 2 heterocycles. The predicted octanol–water partition coefficient (Wildman–Crippen LogP) is 5.72. The number of alkyl halides is 3. The van der Waals surface area contributed by atoms with Crippen molar-refractivity contribution in [1.82, 2.24) is 14.3 Å². The molecule has 1 unspecified atom stereocenters. The van der Waals surface area contributed by atoms with E-state index < -0.39 is 46.3 Å². The van der Waals surface area contributed by atoms with Crippen LogP contribution in [0.1, 0.15) is 27.2 Å². The number of aromatic nitrogens is 2. The van der Waals surface area contributed by atoms with Crippen LogP contribution in [0.15, 0.2) is 84.0 Å². The Morgan fingerprint density at radius 2 is 1.63 bits per heavy atom. The van der Waals surface area contributed by atoms with E-state index in [0.717, 1.165) is 3.97 Å². The number of nitrogens with zero attached hydrogens (tertiary/aromatic N) is 2. The molecule has 2 aromatic carbocycles. The second-order valence-corrected chi connectivity index (χ2v) is 11.9. The Morgan fingerprint density at radius 1 is 0.976 bits per heavy atom. The zero-order valence-electron chi connectivity index (χ0n) is 22.3. The van der Waals surface area contributed by atoms with E-state index in [1.165, 1.54) is 36.7 Å². The van der Waals surface area contributed by atoms with Crippen LogP contribution in [-0.2, 0) is 19.6 Å². The number of halogens is 3. The topological polar surface area (TPSA) is 119 Å². The summed E-state index contributed by atoms with van der Waals surface area (Å²) in [6.07, 6.45) is -4.59. The first-order valence-corrected chi connectivity index (χ1v) is 13.8. The molecule has 0 aliphatic rings. The van der Waals surface area contributed by atoms with Gasteiger partial charge < -0.3 is 15.4 Å². The zero-order chi connectivity index (χ0) is 30.0. The summed E-state index contributed by atoms with van der Waals surface area (Å²) in [5, 5.41) is 4.92. The lowest BCUT2D eigenvalue weighted by Crippen LogP contribution is -2.47. The van der Waals surface area contributed by atoms with Gasteiger partial charge in [0.2, 0.25) is 5.91 Å². The third kappa shape index (κ3) is 7.23. The van der Waals surface area contributed by atoms with Crippen LogP contribution in [0.25, 0.3) is 22.2 Å². The second-order valence-electron chi connectivity index (χ2n) is 10.1. The Hall–Kier alpha value is -4.39. The Labute approximate surface area is 234 Å².